The van der Waals surface area contributed by atoms with E-state index in [0.717, 1.165) is 12.8 Å². The number of hydrogen-bond acceptors (Lipinski definition) is 2. The Hall–Kier alpha value is -1.05. The number of esters is 1. The minimum absolute atomic E-state index is 0.220. The second kappa shape index (κ2) is 7.06. The maximum atomic E-state index is 10.3. The standard InChI is InChI=1S/C9H14O2/c1-3-4-5-6-7-8-11-9(2)10/h3,5-6H,1,4,7-8H2,2H3/b6-5+. The summed E-state index contributed by atoms with van der Waals surface area (Å²) in [5.41, 5.74) is 0. The van der Waals surface area contributed by atoms with Crippen LogP contribution in [0.2, 0.25) is 0 Å². The third kappa shape index (κ3) is 8.95. The summed E-state index contributed by atoms with van der Waals surface area (Å²) >= 11 is 0. The minimum Gasteiger partial charge on any atom is -0.466 e. The van der Waals surface area contributed by atoms with Crippen LogP contribution in [-0.2, 0) is 9.53 Å². The molecule has 0 saturated carbocycles. The molecule has 0 aromatic carbocycles. The molecule has 0 aliphatic carbocycles. The summed E-state index contributed by atoms with van der Waals surface area (Å²) in [7, 11) is 0. The Labute approximate surface area is 67.6 Å². The van der Waals surface area contributed by atoms with Gasteiger partial charge in [0.1, 0.15) is 0 Å². The third-order valence-corrected chi connectivity index (χ3v) is 1.06. The molecule has 0 fully saturated rings. The van der Waals surface area contributed by atoms with E-state index in [2.05, 4.69) is 6.58 Å². The van der Waals surface area contributed by atoms with Crippen molar-refractivity contribution in [1.29, 1.82) is 0 Å². The van der Waals surface area contributed by atoms with Crippen LogP contribution in [0.1, 0.15) is 19.8 Å². The monoisotopic (exact) mass is 154 g/mol. The summed E-state index contributed by atoms with van der Waals surface area (Å²) < 4.78 is 4.71. The zero-order valence-electron chi connectivity index (χ0n) is 6.88. The van der Waals surface area contributed by atoms with Crippen LogP contribution in [0.3, 0.4) is 0 Å². The van der Waals surface area contributed by atoms with Crippen molar-refractivity contribution in [2.45, 2.75) is 19.8 Å². The molecule has 0 amide bonds. The molecule has 0 aromatic heterocycles. The number of allylic oxidation sites excluding steroid dienone is 2. The second-order valence-electron chi connectivity index (χ2n) is 2.12. The van der Waals surface area contributed by atoms with Gasteiger partial charge in [-0.2, -0.15) is 0 Å². The third-order valence-electron chi connectivity index (χ3n) is 1.06. The molecule has 0 rings (SSSR count). The highest BCUT2D eigenvalue weighted by Crippen LogP contribution is 1.89. The van der Waals surface area contributed by atoms with Gasteiger partial charge < -0.3 is 4.74 Å². The Morgan fingerprint density at radius 2 is 2.27 bits per heavy atom. The Balaban J connectivity index is 3.13. The molecule has 0 aliphatic heterocycles. The Morgan fingerprint density at radius 3 is 2.82 bits per heavy atom. The van der Waals surface area contributed by atoms with E-state index in [1.54, 1.807) is 0 Å². The summed E-state index contributed by atoms with van der Waals surface area (Å²) in [4.78, 5) is 10.3. The van der Waals surface area contributed by atoms with E-state index in [0.29, 0.717) is 6.61 Å². The fourth-order valence-electron chi connectivity index (χ4n) is 0.581. The maximum Gasteiger partial charge on any atom is 0.302 e. The normalized spacial score (nSPS) is 9.91. The van der Waals surface area contributed by atoms with Crippen molar-refractivity contribution in [2.24, 2.45) is 0 Å². The molecule has 62 valence electrons. The van der Waals surface area contributed by atoms with E-state index in [4.69, 9.17) is 4.74 Å². The molecule has 0 aromatic rings. The van der Waals surface area contributed by atoms with Crippen molar-refractivity contribution in [3.8, 4) is 0 Å². The Bertz CT molecular complexity index is 148. The summed E-state index contributed by atoms with van der Waals surface area (Å²) in [6, 6.07) is 0. The molecule has 0 saturated heterocycles. The molecule has 0 unspecified atom stereocenters. The highest BCUT2D eigenvalue weighted by molar-refractivity contribution is 5.65. The molecule has 0 heterocycles. The molecule has 0 spiro atoms. The largest absolute Gasteiger partial charge is 0.466 e. The maximum absolute atomic E-state index is 10.3. The van der Waals surface area contributed by atoms with Crippen molar-refractivity contribution in [1.82, 2.24) is 0 Å². The van der Waals surface area contributed by atoms with Crippen LogP contribution in [0.4, 0.5) is 0 Å². The average molecular weight is 154 g/mol. The van der Waals surface area contributed by atoms with Crippen LogP contribution in [0.15, 0.2) is 24.8 Å². The lowest BCUT2D eigenvalue weighted by atomic mass is 10.3. The van der Waals surface area contributed by atoms with E-state index in [1.807, 2.05) is 18.2 Å². The summed E-state index contributed by atoms with van der Waals surface area (Å²) in [5, 5.41) is 0. The summed E-state index contributed by atoms with van der Waals surface area (Å²) in [6.45, 7) is 5.46. The highest BCUT2D eigenvalue weighted by atomic mass is 16.5. The van der Waals surface area contributed by atoms with E-state index < -0.39 is 0 Å². The zero-order valence-corrected chi connectivity index (χ0v) is 6.88. The van der Waals surface area contributed by atoms with Crippen LogP contribution < -0.4 is 0 Å². The van der Waals surface area contributed by atoms with E-state index in [-0.39, 0.29) is 5.97 Å². The number of hydrogen-bond donors (Lipinski definition) is 0. The van der Waals surface area contributed by atoms with E-state index >= 15 is 0 Å². The molecular formula is C9H14O2. The lowest BCUT2D eigenvalue weighted by molar-refractivity contribution is -0.140. The van der Waals surface area contributed by atoms with Gasteiger partial charge in [0.2, 0.25) is 0 Å². The van der Waals surface area contributed by atoms with Crippen LogP contribution in [0.25, 0.3) is 0 Å². The Kier molecular flexibility index (Phi) is 6.39. The lowest BCUT2D eigenvalue weighted by Crippen LogP contribution is -1.98. The molecule has 0 atom stereocenters. The van der Waals surface area contributed by atoms with Gasteiger partial charge in [-0.25, -0.2) is 0 Å². The van der Waals surface area contributed by atoms with Gasteiger partial charge in [0.25, 0.3) is 0 Å². The van der Waals surface area contributed by atoms with Gasteiger partial charge in [-0.3, -0.25) is 4.79 Å². The first-order valence-corrected chi connectivity index (χ1v) is 3.66. The molecular weight excluding hydrogens is 140 g/mol. The Morgan fingerprint density at radius 1 is 1.55 bits per heavy atom. The predicted molar refractivity (Wildman–Crippen MR) is 45.2 cm³/mol. The first kappa shape index (κ1) is 9.95. The van der Waals surface area contributed by atoms with E-state index in [9.17, 15) is 4.79 Å². The topological polar surface area (TPSA) is 26.3 Å². The minimum atomic E-state index is -0.220. The van der Waals surface area contributed by atoms with Gasteiger partial charge in [0.05, 0.1) is 6.61 Å². The summed E-state index contributed by atoms with van der Waals surface area (Å²) in [5.74, 6) is -0.220. The van der Waals surface area contributed by atoms with Crippen LogP contribution in [0.5, 0.6) is 0 Å². The molecule has 0 bridgehead atoms. The van der Waals surface area contributed by atoms with Gasteiger partial charge in [-0.05, 0) is 12.8 Å². The van der Waals surface area contributed by atoms with Gasteiger partial charge in [-0.15, -0.1) is 6.58 Å². The van der Waals surface area contributed by atoms with Crippen LogP contribution in [-0.4, -0.2) is 12.6 Å². The fraction of sp³-hybridized carbons (Fsp3) is 0.444. The average Bonchev–Trinajstić information content (AvgIpc) is 1.96. The zero-order chi connectivity index (χ0) is 8.53. The summed E-state index contributed by atoms with van der Waals surface area (Å²) in [6.07, 6.45) is 7.46. The van der Waals surface area contributed by atoms with E-state index in [1.165, 1.54) is 6.92 Å². The molecule has 11 heavy (non-hydrogen) atoms. The molecule has 0 aliphatic rings. The predicted octanol–water partition coefficient (Wildman–Crippen LogP) is 2.07. The van der Waals surface area contributed by atoms with Crippen LogP contribution in [0, 0.1) is 0 Å². The number of rotatable bonds is 5. The van der Waals surface area contributed by atoms with Gasteiger partial charge >= 0.3 is 5.97 Å². The molecule has 0 radical (unpaired) electrons. The molecule has 2 nitrogen and oxygen atoms in total. The fourth-order valence-corrected chi connectivity index (χ4v) is 0.581. The van der Waals surface area contributed by atoms with Crippen molar-refractivity contribution < 1.29 is 9.53 Å². The smallest absolute Gasteiger partial charge is 0.302 e. The van der Waals surface area contributed by atoms with Crippen LogP contribution >= 0.6 is 0 Å². The van der Waals surface area contributed by atoms with Crippen molar-refractivity contribution in [3.05, 3.63) is 24.8 Å². The first-order valence-electron chi connectivity index (χ1n) is 3.66. The van der Waals surface area contributed by atoms with Crippen molar-refractivity contribution in [2.75, 3.05) is 6.61 Å². The lowest BCUT2D eigenvalue weighted by Gasteiger charge is -1.95. The number of ether oxygens (including phenoxy) is 1. The first-order chi connectivity index (χ1) is 5.27. The van der Waals surface area contributed by atoms with Gasteiger partial charge in [0.15, 0.2) is 0 Å². The molecule has 2 heteroatoms. The number of carbonyl (C=O) groups excluding carboxylic acids is 1. The quantitative estimate of drug-likeness (QED) is 0.344. The van der Waals surface area contributed by atoms with Crippen molar-refractivity contribution >= 4 is 5.97 Å². The number of carbonyl (C=O) groups is 1. The van der Waals surface area contributed by atoms with Gasteiger partial charge in [-0.1, -0.05) is 18.2 Å². The SMILES string of the molecule is C=CC/C=C/CCOC(C)=O. The van der Waals surface area contributed by atoms with Gasteiger partial charge in [0, 0.05) is 6.92 Å². The molecule has 0 N–H and O–H groups in total. The highest BCUT2D eigenvalue weighted by Gasteiger charge is 1.87. The van der Waals surface area contributed by atoms with Crippen molar-refractivity contribution in [3.63, 3.8) is 0 Å². The second-order valence-corrected chi connectivity index (χ2v) is 2.12.